The van der Waals surface area contributed by atoms with Crippen molar-refractivity contribution >= 4 is 11.6 Å². The first-order chi connectivity index (χ1) is 8.43. The fourth-order valence-corrected chi connectivity index (χ4v) is 2.24. The third kappa shape index (κ3) is 2.56. The van der Waals surface area contributed by atoms with E-state index in [2.05, 4.69) is 19.2 Å². The summed E-state index contributed by atoms with van der Waals surface area (Å²) >= 11 is 0. The highest BCUT2D eigenvalue weighted by Gasteiger charge is 2.44. The Labute approximate surface area is 109 Å². The van der Waals surface area contributed by atoms with Gasteiger partial charge in [0, 0.05) is 5.69 Å². The van der Waals surface area contributed by atoms with E-state index in [0.29, 0.717) is 11.8 Å². The lowest BCUT2D eigenvalue weighted by atomic mass is 9.95. The first-order valence-electron chi connectivity index (χ1n) is 6.62. The normalized spacial score (nSPS) is 18.5. The zero-order valence-electron chi connectivity index (χ0n) is 11.4. The smallest absolute Gasteiger partial charge is 0.244 e. The van der Waals surface area contributed by atoms with Crippen LogP contribution in [0.4, 0.5) is 5.69 Å². The zero-order chi connectivity index (χ0) is 13.3. The van der Waals surface area contributed by atoms with Gasteiger partial charge in [-0.2, -0.15) is 0 Å². The molecule has 3 N–H and O–H groups in total. The van der Waals surface area contributed by atoms with Crippen LogP contribution in [0.3, 0.4) is 0 Å². The molecule has 3 nitrogen and oxygen atoms in total. The quantitative estimate of drug-likeness (QED) is 0.858. The Bertz CT molecular complexity index is 448. The Kier molecular flexibility index (Phi) is 3.44. The highest BCUT2D eigenvalue weighted by atomic mass is 16.2. The van der Waals surface area contributed by atoms with E-state index in [4.69, 9.17) is 5.73 Å². The van der Waals surface area contributed by atoms with Gasteiger partial charge in [0.2, 0.25) is 5.91 Å². The molecular weight excluding hydrogens is 224 g/mol. The number of anilines is 1. The van der Waals surface area contributed by atoms with E-state index in [-0.39, 0.29) is 5.91 Å². The van der Waals surface area contributed by atoms with Gasteiger partial charge in [0.05, 0.1) is 5.54 Å². The summed E-state index contributed by atoms with van der Waals surface area (Å²) < 4.78 is 0. The number of carbonyl (C=O) groups is 1. The number of nitrogens with one attached hydrogen (secondary N) is 1. The second-order valence-corrected chi connectivity index (χ2v) is 5.75. The van der Waals surface area contributed by atoms with Crippen molar-refractivity contribution in [3.05, 3.63) is 29.8 Å². The van der Waals surface area contributed by atoms with Gasteiger partial charge >= 0.3 is 0 Å². The van der Waals surface area contributed by atoms with Crippen LogP contribution in [0.25, 0.3) is 0 Å². The van der Waals surface area contributed by atoms with Crippen LogP contribution in [0.15, 0.2) is 24.3 Å². The lowest BCUT2D eigenvalue weighted by Gasteiger charge is -2.24. The number of hydrogen-bond donors (Lipinski definition) is 2. The minimum absolute atomic E-state index is 0.0712. The maximum absolute atomic E-state index is 12.3. The molecule has 1 aliphatic rings. The van der Waals surface area contributed by atoms with Crippen LogP contribution in [-0.4, -0.2) is 11.4 Å². The van der Waals surface area contributed by atoms with Crippen LogP contribution in [0, 0.1) is 5.92 Å². The molecule has 0 spiro atoms. The Hall–Kier alpha value is -1.35. The van der Waals surface area contributed by atoms with E-state index in [1.807, 2.05) is 31.2 Å². The topological polar surface area (TPSA) is 55.1 Å². The van der Waals surface area contributed by atoms with E-state index in [1.165, 1.54) is 0 Å². The first-order valence-corrected chi connectivity index (χ1v) is 6.62. The van der Waals surface area contributed by atoms with Gasteiger partial charge in [-0.1, -0.05) is 32.0 Å². The Morgan fingerprint density at radius 3 is 2.56 bits per heavy atom. The third-order valence-electron chi connectivity index (χ3n) is 3.75. The molecule has 0 bridgehead atoms. The summed E-state index contributed by atoms with van der Waals surface area (Å²) in [5.41, 5.74) is 7.42. The van der Waals surface area contributed by atoms with Crippen LogP contribution in [-0.2, 0) is 4.79 Å². The number of rotatable bonds is 4. The first kappa shape index (κ1) is 13.1. The number of carbonyl (C=O) groups excluding carboxylic acids is 1. The van der Waals surface area contributed by atoms with Crippen LogP contribution in [0.2, 0.25) is 0 Å². The van der Waals surface area contributed by atoms with Crippen molar-refractivity contribution in [3.8, 4) is 0 Å². The molecule has 1 unspecified atom stereocenters. The van der Waals surface area contributed by atoms with Crippen LogP contribution in [0.5, 0.6) is 0 Å². The van der Waals surface area contributed by atoms with Crippen molar-refractivity contribution in [3.63, 3.8) is 0 Å². The summed E-state index contributed by atoms with van der Waals surface area (Å²) in [5, 5.41) is 2.99. The number of nitrogens with two attached hydrogens (primary N) is 1. The molecule has 1 fully saturated rings. The average Bonchev–Trinajstić information content (AvgIpc) is 3.13. The zero-order valence-corrected chi connectivity index (χ0v) is 11.4. The molecule has 1 aliphatic carbocycles. The maximum Gasteiger partial charge on any atom is 0.244 e. The maximum atomic E-state index is 12.3. The molecule has 1 amide bonds. The van der Waals surface area contributed by atoms with Crippen molar-refractivity contribution in [2.24, 2.45) is 11.7 Å². The van der Waals surface area contributed by atoms with Crippen LogP contribution < -0.4 is 11.1 Å². The Balaban J connectivity index is 2.16. The van der Waals surface area contributed by atoms with Crippen molar-refractivity contribution in [1.29, 1.82) is 0 Å². The molecule has 0 radical (unpaired) electrons. The van der Waals surface area contributed by atoms with E-state index >= 15 is 0 Å². The van der Waals surface area contributed by atoms with E-state index in [9.17, 15) is 4.79 Å². The molecule has 18 heavy (non-hydrogen) atoms. The Morgan fingerprint density at radius 2 is 2.00 bits per heavy atom. The summed E-state index contributed by atoms with van der Waals surface area (Å²) in [4.78, 5) is 12.3. The molecule has 0 saturated heterocycles. The molecule has 0 aromatic heterocycles. The molecule has 1 atom stereocenters. The highest BCUT2D eigenvalue weighted by Crippen LogP contribution is 2.38. The van der Waals surface area contributed by atoms with Crippen molar-refractivity contribution < 1.29 is 4.79 Å². The van der Waals surface area contributed by atoms with Crippen LogP contribution in [0.1, 0.15) is 45.1 Å². The van der Waals surface area contributed by atoms with Crippen LogP contribution >= 0.6 is 0 Å². The predicted octanol–water partition coefficient (Wildman–Crippen LogP) is 2.88. The minimum Gasteiger partial charge on any atom is -0.324 e. The van der Waals surface area contributed by atoms with E-state index in [1.54, 1.807) is 0 Å². The summed E-state index contributed by atoms with van der Waals surface area (Å²) in [6.07, 6.45) is 2.12. The van der Waals surface area contributed by atoms with Gasteiger partial charge in [0.15, 0.2) is 0 Å². The molecule has 0 aliphatic heterocycles. The number of para-hydroxylation sites is 1. The molecule has 1 aromatic rings. The largest absolute Gasteiger partial charge is 0.324 e. The molecule has 98 valence electrons. The fraction of sp³-hybridized carbons (Fsp3) is 0.533. The molecule has 0 heterocycles. The summed E-state index contributed by atoms with van der Waals surface area (Å²) in [6.45, 7) is 6.07. The second-order valence-electron chi connectivity index (χ2n) is 5.75. The molecule has 3 heteroatoms. The Morgan fingerprint density at radius 1 is 1.39 bits per heavy atom. The average molecular weight is 246 g/mol. The van der Waals surface area contributed by atoms with Gasteiger partial charge in [0.25, 0.3) is 0 Å². The van der Waals surface area contributed by atoms with Gasteiger partial charge in [-0.3, -0.25) is 4.79 Å². The van der Waals surface area contributed by atoms with E-state index < -0.39 is 5.54 Å². The predicted molar refractivity (Wildman–Crippen MR) is 74.5 cm³/mol. The lowest BCUT2D eigenvalue weighted by Crippen LogP contribution is -2.50. The van der Waals surface area contributed by atoms with Gasteiger partial charge < -0.3 is 11.1 Å². The molecule has 1 aromatic carbocycles. The fourth-order valence-electron chi connectivity index (χ4n) is 2.24. The monoisotopic (exact) mass is 246 g/mol. The van der Waals surface area contributed by atoms with Gasteiger partial charge in [0.1, 0.15) is 0 Å². The molecule has 1 saturated carbocycles. The molecule has 2 rings (SSSR count). The van der Waals surface area contributed by atoms with Gasteiger partial charge in [-0.25, -0.2) is 0 Å². The summed E-state index contributed by atoms with van der Waals surface area (Å²) in [5.74, 6) is 0.647. The number of hydrogen-bond acceptors (Lipinski definition) is 2. The number of amides is 1. The summed E-state index contributed by atoms with van der Waals surface area (Å²) in [6, 6.07) is 7.92. The van der Waals surface area contributed by atoms with Crippen molar-refractivity contribution in [1.82, 2.24) is 0 Å². The van der Waals surface area contributed by atoms with Gasteiger partial charge in [-0.05, 0) is 43.2 Å². The summed E-state index contributed by atoms with van der Waals surface area (Å²) in [7, 11) is 0. The van der Waals surface area contributed by atoms with Crippen molar-refractivity contribution in [2.75, 3.05) is 5.32 Å². The minimum atomic E-state index is -0.746. The second kappa shape index (κ2) is 4.73. The van der Waals surface area contributed by atoms with Gasteiger partial charge in [-0.15, -0.1) is 0 Å². The lowest BCUT2D eigenvalue weighted by molar-refractivity contribution is -0.121. The van der Waals surface area contributed by atoms with E-state index in [0.717, 1.165) is 24.1 Å². The molecular formula is C15H22N2O. The van der Waals surface area contributed by atoms with Crippen molar-refractivity contribution in [2.45, 2.75) is 45.1 Å². The third-order valence-corrected chi connectivity index (χ3v) is 3.75. The number of benzene rings is 1. The standard InChI is InChI=1S/C15H22N2O/c1-10(2)12-6-4-5-7-13(12)17-14(18)15(3,16)11-8-9-11/h4-7,10-11H,8-9,16H2,1-3H3,(H,17,18). The highest BCUT2D eigenvalue weighted by molar-refractivity contribution is 5.98. The SMILES string of the molecule is CC(C)c1ccccc1NC(=O)C(C)(N)C1CC1.